The van der Waals surface area contributed by atoms with Gasteiger partial charge in [-0.15, -0.1) is 0 Å². The Bertz CT molecular complexity index is 1260. The largest absolute Gasteiger partial charge is 1.00 e. The molecule has 4 aliphatic rings. The van der Waals surface area contributed by atoms with Crippen molar-refractivity contribution >= 4 is 12.1 Å². The number of methoxy groups -OCH3 is 1. The molecule has 3 heterocycles. The fourth-order valence-corrected chi connectivity index (χ4v) is 8.70. The summed E-state index contributed by atoms with van der Waals surface area (Å²) in [5.74, 6) is -0.310. The molecule has 10 nitrogen and oxygen atoms in total. The summed E-state index contributed by atoms with van der Waals surface area (Å²) in [6.45, 7) is 15.2. The lowest BCUT2D eigenvalue weighted by molar-refractivity contribution is -0.937. The average Bonchev–Trinajstić information content (AvgIpc) is 3.88. The Hall–Kier alpha value is -1.51. The molecule has 4 rings (SSSR count). The van der Waals surface area contributed by atoms with Gasteiger partial charge in [-0.2, -0.15) is 0 Å². The SMILES string of the molecule is CC[C@H](O)[C@@H](C)[C@H]1O[C@@H]1C[C@H](C)/C=C/C=C(\C)[C@H]1OC(=O)C[C@H](O)CC[C@@](C)(OC)[C@@H](OC(=O)N2CC[N+](C)(C3CCCCCCC3)CC2)/C=C/[C@@H]1C.[I-]. The van der Waals surface area contributed by atoms with E-state index in [9.17, 15) is 19.8 Å². The van der Waals surface area contributed by atoms with Crippen molar-refractivity contribution in [2.24, 2.45) is 17.8 Å². The molecule has 1 aliphatic carbocycles. The van der Waals surface area contributed by atoms with Gasteiger partial charge < -0.3 is 57.6 Å². The lowest BCUT2D eigenvalue weighted by Crippen LogP contribution is -3.00. The second-order valence-corrected chi connectivity index (χ2v) is 17.3. The summed E-state index contributed by atoms with van der Waals surface area (Å²) in [7, 11) is 3.98. The molecule has 3 fully saturated rings. The van der Waals surface area contributed by atoms with E-state index in [0.29, 0.717) is 32.0 Å². The van der Waals surface area contributed by atoms with Crippen molar-refractivity contribution in [2.75, 3.05) is 40.3 Å². The fourth-order valence-electron chi connectivity index (χ4n) is 8.70. The van der Waals surface area contributed by atoms with E-state index in [0.717, 1.165) is 36.0 Å². The Morgan fingerprint density at radius 3 is 2.39 bits per heavy atom. The second kappa shape index (κ2) is 21.9. The monoisotopic (exact) mass is 872 g/mol. The molecular formula is C43H73IN2O8. The highest BCUT2D eigenvalue weighted by molar-refractivity contribution is 5.70. The first kappa shape index (κ1) is 46.9. The highest BCUT2D eigenvalue weighted by Gasteiger charge is 2.45. The van der Waals surface area contributed by atoms with Gasteiger partial charge in [0, 0.05) is 18.9 Å². The summed E-state index contributed by atoms with van der Waals surface area (Å²) in [6.07, 6.45) is 18.6. The number of hydrogen-bond acceptors (Lipinski definition) is 8. The number of hydrogen-bond donors (Lipinski definition) is 2. The predicted molar refractivity (Wildman–Crippen MR) is 208 cm³/mol. The molecule has 0 aromatic rings. The maximum Gasteiger partial charge on any atom is 0.410 e. The van der Waals surface area contributed by atoms with Crippen LogP contribution in [-0.4, -0.2) is 120 Å². The number of cyclic esters (lactones) is 1. The number of ether oxygens (including phenoxy) is 4. The Kier molecular flexibility index (Phi) is 19.0. The molecule has 0 aromatic carbocycles. The number of rotatable bonds is 11. The van der Waals surface area contributed by atoms with E-state index in [1.165, 1.54) is 44.9 Å². The number of halogens is 1. The molecule has 54 heavy (non-hydrogen) atoms. The van der Waals surface area contributed by atoms with Crippen LogP contribution in [0.25, 0.3) is 0 Å². The number of esters is 1. The minimum atomic E-state index is -0.918. The van der Waals surface area contributed by atoms with Crippen LogP contribution in [0.5, 0.6) is 0 Å². The normalized spacial score (nSPS) is 34.1. The van der Waals surface area contributed by atoms with Crippen LogP contribution in [0.4, 0.5) is 4.79 Å². The van der Waals surface area contributed by atoms with Crippen molar-refractivity contribution in [2.45, 2.75) is 167 Å². The Morgan fingerprint density at radius 1 is 1.11 bits per heavy atom. The number of piperazine rings is 1. The number of quaternary nitrogens is 1. The number of aliphatic hydroxyl groups is 2. The summed E-state index contributed by atoms with van der Waals surface area (Å²) in [6, 6.07) is 0.658. The number of likely N-dealkylation sites (N-methyl/N-ethyl adjacent to an activating group) is 1. The summed E-state index contributed by atoms with van der Waals surface area (Å²) in [5.41, 5.74) is -0.0434. The summed E-state index contributed by atoms with van der Waals surface area (Å²) < 4.78 is 25.2. The molecule has 0 spiro atoms. The second-order valence-electron chi connectivity index (χ2n) is 17.3. The number of amides is 1. The topological polar surface area (TPSA) is 118 Å². The molecular weight excluding hydrogens is 799 g/mol. The van der Waals surface area contributed by atoms with Crippen LogP contribution in [0.3, 0.4) is 0 Å². The van der Waals surface area contributed by atoms with Gasteiger partial charge in [-0.3, -0.25) is 9.69 Å². The van der Waals surface area contributed by atoms with Crippen molar-refractivity contribution < 1.29 is 67.2 Å². The molecule has 0 bridgehead atoms. The highest BCUT2D eigenvalue weighted by atomic mass is 127. The Morgan fingerprint density at radius 2 is 1.76 bits per heavy atom. The molecule has 2 N–H and O–H groups in total. The summed E-state index contributed by atoms with van der Waals surface area (Å²) in [4.78, 5) is 28.7. The van der Waals surface area contributed by atoms with Crippen molar-refractivity contribution in [3.63, 3.8) is 0 Å². The molecule has 10 atom stereocenters. The van der Waals surface area contributed by atoms with Gasteiger partial charge in [0.1, 0.15) is 11.7 Å². The van der Waals surface area contributed by atoms with Crippen molar-refractivity contribution in [1.29, 1.82) is 0 Å². The van der Waals surface area contributed by atoms with Gasteiger partial charge >= 0.3 is 12.1 Å². The van der Waals surface area contributed by atoms with Crippen LogP contribution in [0, 0.1) is 17.8 Å². The van der Waals surface area contributed by atoms with Crippen molar-refractivity contribution in [3.8, 4) is 0 Å². The quantitative estimate of drug-likeness (QED) is 0.0796. The van der Waals surface area contributed by atoms with Gasteiger partial charge in [-0.05, 0) is 82.8 Å². The van der Waals surface area contributed by atoms with Gasteiger partial charge in [-0.25, -0.2) is 4.79 Å². The molecule has 2 saturated heterocycles. The Balaban J connectivity index is 0.00000784. The standard InChI is InChI=1S/C43H73N2O8.HI/c1-9-36(47)33(5)41-37(51-41)28-30(2)16-15-17-31(3)40-32(4)20-21-38(43(6,50-8)23-22-35(46)29-39(48)53-40)52-42(49)44-24-26-45(7,27-25-44)34-18-13-11-10-12-14-19-34;/h15-17,20-21,30,32-38,40-41,46-47H,9-14,18-19,22-29H2,1-8H3;1H/q+1;/p-1/b16-15+,21-20+,31-17+;/t30-,32+,33-,35-,36+,37-,38+,40-,41-,43-;/m1./s1. The lowest BCUT2D eigenvalue weighted by atomic mass is 9.88. The molecule has 0 aromatic heterocycles. The molecule has 1 amide bonds. The third-order valence-electron chi connectivity index (χ3n) is 13.0. The fraction of sp³-hybridized carbons (Fsp3) is 0.814. The maximum absolute atomic E-state index is 13.8. The first-order valence-electron chi connectivity index (χ1n) is 20.8. The number of nitrogens with zero attached hydrogens (tertiary/aromatic N) is 2. The van der Waals surface area contributed by atoms with E-state index in [1.54, 1.807) is 7.11 Å². The van der Waals surface area contributed by atoms with Crippen molar-refractivity contribution in [3.05, 3.63) is 36.0 Å². The van der Waals surface area contributed by atoms with Gasteiger partial charge in [0.2, 0.25) is 0 Å². The summed E-state index contributed by atoms with van der Waals surface area (Å²) >= 11 is 0. The Labute approximate surface area is 343 Å². The predicted octanol–water partition coefficient (Wildman–Crippen LogP) is 4.13. The van der Waals surface area contributed by atoms with E-state index in [-0.39, 0.29) is 72.6 Å². The van der Waals surface area contributed by atoms with E-state index in [1.807, 2.05) is 63.8 Å². The van der Waals surface area contributed by atoms with Crippen LogP contribution < -0.4 is 24.0 Å². The molecule has 1 saturated carbocycles. The van der Waals surface area contributed by atoms with E-state index in [4.69, 9.17) is 18.9 Å². The third-order valence-corrected chi connectivity index (χ3v) is 13.0. The molecule has 11 heteroatoms. The lowest BCUT2D eigenvalue weighted by Gasteiger charge is -2.47. The van der Waals surface area contributed by atoms with Crippen molar-refractivity contribution in [1.82, 2.24) is 4.90 Å². The number of carbonyl (C=O) groups is 2. The van der Waals surface area contributed by atoms with Gasteiger partial charge in [0.25, 0.3) is 0 Å². The molecule has 0 radical (unpaired) electrons. The van der Waals surface area contributed by atoms with Crippen LogP contribution in [0.15, 0.2) is 36.0 Å². The minimum Gasteiger partial charge on any atom is -1.00 e. The first-order chi connectivity index (χ1) is 25.2. The van der Waals surface area contributed by atoms with Gasteiger partial charge in [0.15, 0.2) is 6.10 Å². The number of aliphatic hydroxyl groups excluding tert-OH is 2. The van der Waals surface area contributed by atoms with Gasteiger partial charge in [0.05, 0.1) is 70.1 Å². The average molecular weight is 873 g/mol. The maximum atomic E-state index is 13.8. The molecule has 0 unspecified atom stereocenters. The van der Waals surface area contributed by atoms with Crippen LogP contribution in [0.1, 0.15) is 119 Å². The van der Waals surface area contributed by atoms with E-state index in [2.05, 4.69) is 20.0 Å². The van der Waals surface area contributed by atoms with E-state index >= 15 is 0 Å². The number of carbonyl (C=O) groups excluding carboxylic acids is 2. The zero-order valence-electron chi connectivity index (χ0n) is 34.6. The van der Waals surface area contributed by atoms with Crippen LogP contribution in [-0.2, 0) is 23.7 Å². The third kappa shape index (κ3) is 13.3. The molecule has 310 valence electrons. The number of epoxide rings is 1. The zero-order valence-corrected chi connectivity index (χ0v) is 36.7. The van der Waals surface area contributed by atoms with Gasteiger partial charge in [-0.1, -0.05) is 71.3 Å². The zero-order chi connectivity index (χ0) is 38.8. The number of allylic oxidation sites excluding steroid dienone is 3. The first-order valence-corrected chi connectivity index (χ1v) is 20.8. The smallest absolute Gasteiger partial charge is 0.410 e. The highest BCUT2D eigenvalue weighted by Crippen LogP contribution is 2.37. The van der Waals surface area contributed by atoms with E-state index < -0.39 is 29.9 Å². The molecule has 3 aliphatic heterocycles. The van der Waals surface area contributed by atoms with Crippen LogP contribution in [0.2, 0.25) is 0 Å². The van der Waals surface area contributed by atoms with Crippen LogP contribution >= 0.6 is 0 Å². The minimum absolute atomic E-state index is 0. The summed E-state index contributed by atoms with van der Waals surface area (Å²) in [5, 5.41) is 21.1.